The zero-order valence-corrected chi connectivity index (χ0v) is 16.4. The fourth-order valence-corrected chi connectivity index (χ4v) is 2.88. The molecular formula is C22H29NO4. The van der Waals surface area contributed by atoms with Crippen molar-refractivity contribution in [3.63, 3.8) is 0 Å². The highest BCUT2D eigenvalue weighted by Crippen LogP contribution is 2.24. The molecule has 0 radical (unpaired) electrons. The number of nitrogens with one attached hydrogen (secondary N) is 1. The summed E-state index contributed by atoms with van der Waals surface area (Å²) in [6.45, 7) is 6.42. The maximum atomic E-state index is 11.8. The van der Waals surface area contributed by atoms with E-state index in [0.717, 1.165) is 11.1 Å². The first-order chi connectivity index (χ1) is 12.7. The van der Waals surface area contributed by atoms with Crippen molar-refractivity contribution < 1.29 is 19.7 Å². The highest BCUT2D eigenvalue weighted by atomic mass is 16.5. The number of ether oxygens (including phenoxy) is 1. The third kappa shape index (κ3) is 6.38. The second kappa shape index (κ2) is 9.02. The van der Waals surface area contributed by atoms with Crippen LogP contribution in [-0.4, -0.2) is 29.3 Å². The van der Waals surface area contributed by atoms with Gasteiger partial charge in [-0.3, -0.25) is 10.1 Å². The Kier molecular flexibility index (Phi) is 6.99. The van der Waals surface area contributed by atoms with Crippen LogP contribution in [0.1, 0.15) is 50.1 Å². The zero-order valence-electron chi connectivity index (χ0n) is 16.4. The van der Waals surface area contributed by atoms with Gasteiger partial charge in [-0.15, -0.1) is 0 Å². The Hall–Kier alpha value is -2.37. The molecule has 0 saturated carbocycles. The van der Waals surface area contributed by atoms with Gasteiger partial charge in [0.15, 0.2) is 0 Å². The van der Waals surface area contributed by atoms with E-state index in [1.165, 1.54) is 12.7 Å². The van der Waals surface area contributed by atoms with Gasteiger partial charge in [0.1, 0.15) is 12.0 Å². The lowest BCUT2D eigenvalue weighted by Gasteiger charge is -2.24. The van der Waals surface area contributed by atoms with Crippen LogP contribution in [0.25, 0.3) is 0 Å². The average molecular weight is 371 g/mol. The number of aliphatic hydroxyl groups is 1. The van der Waals surface area contributed by atoms with Crippen LogP contribution in [0.5, 0.6) is 5.75 Å². The van der Waals surface area contributed by atoms with Crippen molar-refractivity contribution in [3.8, 4) is 5.75 Å². The number of benzene rings is 2. The van der Waals surface area contributed by atoms with E-state index >= 15 is 0 Å². The number of hydrogen-bond acceptors (Lipinski definition) is 5. The molecular weight excluding hydrogens is 342 g/mol. The van der Waals surface area contributed by atoms with Gasteiger partial charge in [-0.25, -0.2) is 0 Å². The van der Waals surface area contributed by atoms with Crippen molar-refractivity contribution in [2.24, 2.45) is 0 Å². The van der Waals surface area contributed by atoms with Gasteiger partial charge in [0, 0.05) is 6.04 Å². The molecule has 0 spiro atoms. The predicted octanol–water partition coefficient (Wildman–Crippen LogP) is 3.44. The summed E-state index contributed by atoms with van der Waals surface area (Å²) in [5.41, 5.74) is 2.92. The Bertz CT molecular complexity index is 732. The molecule has 146 valence electrons. The maximum absolute atomic E-state index is 11.8. The maximum Gasteiger partial charge on any atom is 0.307 e. The minimum atomic E-state index is -0.897. The van der Waals surface area contributed by atoms with Crippen molar-refractivity contribution >= 4 is 5.97 Å². The number of aliphatic hydroxyl groups excluding tert-OH is 1. The van der Waals surface area contributed by atoms with Crippen LogP contribution in [0.2, 0.25) is 0 Å². The predicted molar refractivity (Wildman–Crippen MR) is 105 cm³/mol. The summed E-state index contributed by atoms with van der Waals surface area (Å²) in [4.78, 5) is 11.8. The van der Waals surface area contributed by atoms with Crippen LogP contribution in [0.15, 0.2) is 48.5 Å². The molecule has 0 heterocycles. The molecule has 0 saturated heterocycles. The highest BCUT2D eigenvalue weighted by Gasteiger charge is 2.20. The summed E-state index contributed by atoms with van der Waals surface area (Å²) in [7, 11) is 1.35. The van der Waals surface area contributed by atoms with Gasteiger partial charge in [0.2, 0.25) is 0 Å². The average Bonchev–Trinajstić information content (AvgIpc) is 2.62. The molecule has 2 atom stereocenters. The van der Waals surface area contributed by atoms with Crippen LogP contribution in [0.3, 0.4) is 0 Å². The van der Waals surface area contributed by atoms with Crippen LogP contribution >= 0.6 is 0 Å². The minimum Gasteiger partial charge on any atom is -0.508 e. The van der Waals surface area contributed by atoms with Gasteiger partial charge in [-0.2, -0.15) is 0 Å². The minimum absolute atomic E-state index is 0.0448. The van der Waals surface area contributed by atoms with Crippen molar-refractivity contribution in [2.75, 3.05) is 7.11 Å². The largest absolute Gasteiger partial charge is 0.508 e. The summed E-state index contributed by atoms with van der Waals surface area (Å²) in [5.74, 6) is -0.156. The number of phenolic OH excluding ortho intramolecular Hbond substituents is 1. The molecule has 2 unspecified atom stereocenters. The summed E-state index contributed by atoms with van der Waals surface area (Å²) in [6.07, 6.45) is -0.244. The van der Waals surface area contributed by atoms with E-state index in [9.17, 15) is 15.0 Å². The Morgan fingerprint density at radius 2 is 1.67 bits per heavy atom. The first-order valence-corrected chi connectivity index (χ1v) is 9.08. The number of aromatic hydroxyl groups is 1. The third-order valence-electron chi connectivity index (χ3n) is 4.55. The molecule has 5 heteroatoms. The number of rotatable bonds is 7. The van der Waals surface area contributed by atoms with E-state index < -0.39 is 6.23 Å². The molecule has 2 aromatic rings. The van der Waals surface area contributed by atoms with E-state index in [2.05, 4.69) is 26.1 Å². The summed E-state index contributed by atoms with van der Waals surface area (Å²) >= 11 is 0. The Balaban J connectivity index is 2.10. The van der Waals surface area contributed by atoms with Crippen molar-refractivity contribution in [1.82, 2.24) is 5.32 Å². The number of carbonyl (C=O) groups excluding carboxylic acids is 1. The fraction of sp³-hybridized carbons (Fsp3) is 0.409. The van der Waals surface area contributed by atoms with Crippen LogP contribution in [-0.2, 0) is 21.4 Å². The van der Waals surface area contributed by atoms with E-state index in [-0.39, 0.29) is 29.6 Å². The monoisotopic (exact) mass is 371 g/mol. The van der Waals surface area contributed by atoms with Crippen LogP contribution in [0.4, 0.5) is 0 Å². The molecule has 0 bridgehead atoms. The molecule has 27 heavy (non-hydrogen) atoms. The third-order valence-corrected chi connectivity index (χ3v) is 4.55. The first-order valence-electron chi connectivity index (χ1n) is 9.08. The Morgan fingerprint density at radius 1 is 1.07 bits per heavy atom. The van der Waals surface area contributed by atoms with E-state index in [4.69, 9.17) is 4.74 Å². The molecule has 0 fully saturated rings. The zero-order chi connectivity index (χ0) is 20.0. The summed E-state index contributed by atoms with van der Waals surface area (Å²) in [5, 5.41) is 23.1. The number of phenols is 1. The fourth-order valence-electron chi connectivity index (χ4n) is 2.88. The molecule has 0 aliphatic carbocycles. The summed E-state index contributed by atoms with van der Waals surface area (Å²) in [6, 6.07) is 14.3. The molecule has 0 amide bonds. The van der Waals surface area contributed by atoms with Gasteiger partial charge in [0.05, 0.1) is 13.5 Å². The van der Waals surface area contributed by atoms with Gasteiger partial charge in [-0.05, 0) is 40.7 Å². The standard InChI is InChI=1S/C22H29NO4/c1-22(2,3)17-9-7-16(8-10-17)21(26)23-18(14-20(25)27-4)13-15-5-11-19(24)12-6-15/h5-12,18,21,23-24,26H,13-14H2,1-4H3. The SMILES string of the molecule is COC(=O)CC(Cc1ccc(O)cc1)NC(O)c1ccc(C(C)(C)C)cc1. The smallest absolute Gasteiger partial charge is 0.307 e. The van der Waals surface area contributed by atoms with E-state index in [0.29, 0.717) is 6.42 Å². The van der Waals surface area contributed by atoms with Crippen molar-refractivity contribution in [1.29, 1.82) is 0 Å². The summed E-state index contributed by atoms with van der Waals surface area (Å²) < 4.78 is 4.78. The number of hydrogen-bond donors (Lipinski definition) is 3. The highest BCUT2D eigenvalue weighted by molar-refractivity contribution is 5.70. The first kappa shape index (κ1) is 20.9. The van der Waals surface area contributed by atoms with Gasteiger partial charge in [-0.1, -0.05) is 57.2 Å². The van der Waals surface area contributed by atoms with Gasteiger partial charge >= 0.3 is 5.97 Å². The molecule has 0 aliphatic heterocycles. The van der Waals surface area contributed by atoms with Crippen LogP contribution < -0.4 is 5.32 Å². The quantitative estimate of drug-likeness (QED) is 0.513. The Morgan fingerprint density at radius 3 is 2.19 bits per heavy atom. The molecule has 3 N–H and O–H groups in total. The number of carbonyl (C=O) groups is 1. The number of methoxy groups -OCH3 is 1. The van der Waals surface area contributed by atoms with Crippen LogP contribution in [0, 0.1) is 0 Å². The van der Waals surface area contributed by atoms with E-state index in [1.54, 1.807) is 24.3 Å². The molecule has 0 aliphatic rings. The number of esters is 1. The normalized spacial score (nSPS) is 13.8. The van der Waals surface area contributed by atoms with Crippen molar-refractivity contribution in [2.45, 2.75) is 51.3 Å². The van der Waals surface area contributed by atoms with Gasteiger partial charge in [0.25, 0.3) is 0 Å². The van der Waals surface area contributed by atoms with Crippen molar-refractivity contribution in [3.05, 3.63) is 65.2 Å². The molecule has 2 aromatic carbocycles. The topological polar surface area (TPSA) is 78.8 Å². The molecule has 5 nitrogen and oxygen atoms in total. The van der Waals surface area contributed by atoms with Gasteiger partial charge < -0.3 is 14.9 Å². The lowest BCUT2D eigenvalue weighted by Crippen LogP contribution is -2.36. The molecule has 0 aromatic heterocycles. The van der Waals surface area contributed by atoms with E-state index in [1.807, 2.05) is 24.3 Å². The Labute approximate surface area is 161 Å². The second-order valence-electron chi connectivity index (χ2n) is 7.79. The lowest BCUT2D eigenvalue weighted by molar-refractivity contribution is -0.141. The second-order valence-corrected chi connectivity index (χ2v) is 7.79. The molecule has 2 rings (SSSR count). The lowest BCUT2D eigenvalue weighted by atomic mass is 9.86.